The van der Waals surface area contributed by atoms with Crippen molar-refractivity contribution in [3.63, 3.8) is 0 Å². The molecule has 12 nitrogen and oxygen atoms in total. The van der Waals surface area contributed by atoms with E-state index in [0.29, 0.717) is 48.0 Å². The number of sulfonamides is 1. The number of ether oxygens (including phenoxy) is 1. The van der Waals surface area contributed by atoms with Gasteiger partial charge in [-0.15, -0.1) is 10.2 Å². The minimum atomic E-state index is -3.66. The number of anilines is 1. The molecule has 0 radical (unpaired) electrons. The fourth-order valence-corrected chi connectivity index (χ4v) is 7.59. The van der Waals surface area contributed by atoms with Gasteiger partial charge in [0.2, 0.25) is 15.9 Å². The molecule has 2 N–H and O–H groups in total. The van der Waals surface area contributed by atoms with Gasteiger partial charge in [-0.05, 0) is 48.5 Å². The molecule has 0 aliphatic carbocycles. The van der Waals surface area contributed by atoms with E-state index in [4.69, 9.17) is 4.74 Å². The zero-order chi connectivity index (χ0) is 30.5. The van der Waals surface area contributed by atoms with Gasteiger partial charge in [0, 0.05) is 24.3 Å². The molecule has 6 rings (SSSR count). The monoisotopic (exact) mass is 649 g/mol. The minimum Gasteiger partial charge on any atom is -0.379 e. The normalized spacial score (nSPS) is 14.0. The van der Waals surface area contributed by atoms with Crippen LogP contribution in [0, 0.1) is 0 Å². The molecule has 15 heteroatoms. The third-order valence-electron chi connectivity index (χ3n) is 6.72. The number of hydrogen-bond acceptors (Lipinski definition) is 10. The van der Waals surface area contributed by atoms with Crippen molar-refractivity contribution in [2.24, 2.45) is 0 Å². The Balaban J connectivity index is 1.12. The molecule has 1 aliphatic rings. The summed E-state index contributed by atoms with van der Waals surface area (Å²) in [5, 5.41) is 15.3. The number of thiazole rings is 1. The first-order chi connectivity index (χ1) is 21.4. The van der Waals surface area contributed by atoms with Crippen molar-refractivity contribution >= 4 is 60.3 Å². The molecule has 0 atom stereocenters. The summed E-state index contributed by atoms with van der Waals surface area (Å²) in [7, 11) is -3.66. The number of morpholine rings is 1. The van der Waals surface area contributed by atoms with Crippen LogP contribution in [0.25, 0.3) is 15.9 Å². The van der Waals surface area contributed by atoms with Crippen LogP contribution in [0.3, 0.4) is 0 Å². The van der Waals surface area contributed by atoms with E-state index < -0.39 is 15.9 Å². The van der Waals surface area contributed by atoms with Gasteiger partial charge < -0.3 is 15.4 Å². The molecular weight excluding hydrogens is 623 g/mol. The van der Waals surface area contributed by atoms with Crippen LogP contribution in [0.1, 0.15) is 16.2 Å². The first kappa shape index (κ1) is 29.9. The Labute approximate surface area is 261 Å². The van der Waals surface area contributed by atoms with Gasteiger partial charge in [-0.25, -0.2) is 13.4 Å². The first-order valence-electron chi connectivity index (χ1n) is 13.6. The zero-order valence-corrected chi connectivity index (χ0v) is 25.7. The standard InChI is InChI=1S/C29H27N7O5S3/c37-26(32-28-31-23-8-4-5-9-24(23)43-28)19-42-29-34-33-25(36(29)21-6-2-1-3-7-21)18-30-27(38)20-10-12-22(13-11-20)44(39,40)35-14-16-41-17-15-35/h1-13H,14-19H2,(H,30,38)(H,31,32,37). The molecule has 1 saturated heterocycles. The highest BCUT2D eigenvalue weighted by Gasteiger charge is 2.26. The zero-order valence-electron chi connectivity index (χ0n) is 23.3. The second-order valence-corrected chi connectivity index (χ2v) is 13.5. The molecule has 0 unspecified atom stereocenters. The molecule has 2 aromatic heterocycles. The Kier molecular flexibility index (Phi) is 8.99. The van der Waals surface area contributed by atoms with Crippen molar-refractivity contribution in [2.75, 3.05) is 37.4 Å². The van der Waals surface area contributed by atoms with Crippen LogP contribution in [0.5, 0.6) is 0 Å². The summed E-state index contributed by atoms with van der Waals surface area (Å²) in [4.78, 5) is 30.3. The number of fused-ring (bicyclic) bond motifs is 1. The number of aromatic nitrogens is 4. The number of nitrogens with zero attached hydrogens (tertiary/aromatic N) is 5. The quantitative estimate of drug-likeness (QED) is 0.217. The number of hydrogen-bond donors (Lipinski definition) is 2. The predicted molar refractivity (Wildman–Crippen MR) is 168 cm³/mol. The van der Waals surface area contributed by atoms with E-state index in [1.165, 1.54) is 51.7 Å². The van der Waals surface area contributed by atoms with Crippen LogP contribution in [-0.4, -0.2) is 76.3 Å². The molecule has 44 heavy (non-hydrogen) atoms. The molecule has 3 aromatic carbocycles. The maximum absolute atomic E-state index is 13.0. The van der Waals surface area contributed by atoms with E-state index in [0.717, 1.165) is 15.9 Å². The summed E-state index contributed by atoms with van der Waals surface area (Å²) in [5.74, 6) is -0.0875. The first-order valence-corrected chi connectivity index (χ1v) is 16.9. The summed E-state index contributed by atoms with van der Waals surface area (Å²) in [6.45, 7) is 1.34. The van der Waals surface area contributed by atoms with Crippen molar-refractivity contribution in [3.05, 3.63) is 90.3 Å². The van der Waals surface area contributed by atoms with Gasteiger partial charge in [-0.1, -0.05) is 53.4 Å². The molecule has 1 aliphatic heterocycles. The number of rotatable bonds is 10. The van der Waals surface area contributed by atoms with Crippen molar-refractivity contribution in [1.29, 1.82) is 0 Å². The van der Waals surface area contributed by atoms with Gasteiger partial charge in [0.05, 0.1) is 40.6 Å². The maximum Gasteiger partial charge on any atom is 0.251 e. The van der Waals surface area contributed by atoms with Crippen LogP contribution >= 0.6 is 23.1 Å². The van der Waals surface area contributed by atoms with E-state index in [-0.39, 0.29) is 23.1 Å². The third-order valence-corrected chi connectivity index (χ3v) is 10.5. The Bertz CT molecular complexity index is 1850. The number of nitrogens with one attached hydrogen (secondary N) is 2. The second-order valence-electron chi connectivity index (χ2n) is 9.62. The lowest BCUT2D eigenvalue weighted by Crippen LogP contribution is -2.40. The largest absolute Gasteiger partial charge is 0.379 e. The topological polar surface area (TPSA) is 148 Å². The van der Waals surface area contributed by atoms with E-state index >= 15 is 0 Å². The number of benzene rings is 3. The summed E-state index contributed by atoms with van der Waals surface area (Å²) >= 11 is 2.62. The van der Waals surface area contributed by atoms with Crippen molar-refractivity contribution in [2.45, 2.75) is 16.6 Å². The molecule has 0 bridgehead atoms. The molecule has 2 amide bonds. The van der Waals surface area contributed by atoms with Crippen molar-refractivity contribution in [3.8, 4) is 5.69 Å². The Hall–Kier alpha value is -4.15. The van der Waals surface area contributed by atoms with Crippen molar-refractivity contribution in [1.82, 2.24) is 29.4 Å². The smallest absolute Gasteiger partial charge is 0.251 e. The van der Waals surface area contributed by atoms with E-state index in [2.05, 4.69) is 25.8 Å². The van der Waals surface area contributed by atoms with Crippen LogP contribution in [0.4, 0.5) is 5.13 Å². The summed E-state index contributed by atoms with van der Waals surface area (Å²) in [6, 6.07) is 22.9. The SMILES string of the molecule is O=C(CSc1nnc(CNC(=O)c2ccc(S(=O)(=O)N3CCOCC3)cc2)n1-c1ccccc1)Nc1nc2ccccc2s1. The molecule has 3 heterocycles. The Morgan fingerprint density at radius 3 is 2.41 bits per heavy atom. The molecule has 1 fully saturated rings. The summed E-state index contributed by atoms with van der Waals surface area (Å²) in [5.41, 5.74) is 1.90. The fourth-order valence-electron chi connectivity index (χ4n) is 4.53. The summed E-state index contributed by atoms with van der Waals surface area (Å²) < 4.78 is 35.2. The van der Waals surface area contributed by atoms with Crippen LogP contribution in [-0.2, 0) is 26.1 Å². The summed E-state index contributed by atoms with van der Waals surface area (Å²) in [6.07, 6.45) is 0. The highest BCUT2D eigenvalue weighted by Crippen LogP contribution is 2.27. The average molecular weight is 650 g/mol. The molecule has 0 saturated carbocycles. The van der Waals surface area contributed by atoms with Crippen LogP contribution in [0.2, 0.25) is 0 Å². The number of carbonyl (C=O) groups is 2. The second kappa shape index (κ2) is 13.2. The third kappa shape index (κ3) is 6.66. The van der Waals surface area contributed by atoms with Gasteiger partial charge in [-0.2, -0.15) is 4.31 Å². The van der Waals surface area contributed by atoms with E-state index in [1.807, 2.05) is 54.6 Å². The fraction of sp³-hybridized carbons (Fsp3) is 0.207. The van der Waals surface area contributed by atoms with Gasteiger partial charge in [0.15, 0.2) is 16.1 Å². The lowest BCUT2D eigenvalue weighted by Gasteiger charge is -2.26. The average Bonchev–Trinajstić information content (AvgIpc) is 3.66. The Morgan fingerprint density at radius 2 is 1.66 bits per heavy atom. The van der Waals surface area contributed by atoms with E-state index in [9.17, 15) is 18.0 Å². The molecule has 226 valence electrons. The minimum absolute atomic E-state index is 0.0486. The highest BCUT2D eigenvalue weighted by molar-refractivity contribution is 7.99. The number of carbonyl (C=O) groups excluding carboxylic acids is 2. The lowest BCUT2D eigenvalue weighted by atomic mass is 10.2. The van der Waals surface area contributed by atoms with Gasteiger partial charge >= 0.3 is 0 Å². The molecule has 0 spiro atoms. The van der Waals surface area contributed by atoms with E-state index in [1.54, 1.807) is 4.57 Å². The highest BCUT2D eigenvalue weighted by atomic mass is 32.2. The van der Waals surface area contributed by atoms with Gasteiger partial charge in [0.25, 0.3) is 5.91 Å². The Morgan fingerprint density at radius 1 is 0.932 bits per heavy atom. The maximum atomic E-state index is 13.0. The van der Waals surface area contributed by atoms with Gasteiger partial charge in [0.1, 0.15) is 0 Å². The van der Waals surface area contributed by atoms with Crippen LogP contribution in [0.15, 0.2) is 88.9 Å². The van der Waals surface area contributed by atoms with Crippen LogP contribution < -0.4 is 10.6 Å². The number of para-hydroxylation sites is 2. The number of amides is 2. The molecular formula is C29H27N7O5S3. The number of thioether (sulfide) groups is 1. The van der Waals surface area contributed by atoms with Crippen molar-refractivity contribution < 1.29 is 22.7 Å². The van der Waals surface area contributed by atoms with Gasteiger partial charge in [-0.3, -0.25) is 14.2 Å². The lowest BCUT2D eigenvalue weighted by molar-refractivity contribution is -0.113. The molecule has 5 aromatic rings. The predicted octanol–water partition coefficient (Wildman–Crippen LogP) is 3.56.